The second-order valence-corrected chi connectivity index (χ2v) is 11.2. The van der Waals surface area contributed by atoms with Crippen molar-refractivity contribution in [3.63, 3.8) is 0 Å². The number of aromatic nitrogens is 1. The van der Waals surface area contributed by atoms with Crippen LogP contribution in [-0.4, -0.2) is 16.8 Å². The van der Waals surface area contributed by atoms with Crippen molar-refractivity contribution in [3.8, 4) is 11.3 Å². The molecule has 2 amide bonds. The molecule has 8 heteroatoms. The van der Waals surface area contributed by atoms with E-state index in [1.165, 1.54) is 23.1 Å². The van der Waals surface area contributed by atoms with Gasteiger partial charge in [-0.25, -0.2) is 4.98 Å². The molecule has 5 nitrogen and oxygen atoms in total. The topological polar surface area (TPSA) is 71.1 Å². The maximum Gasteiger partial charge on any atom is 0.255 e. The summed E-state index contributed by atoms with van der Waals surface area (Å²) in [5, 5.41) is 8.37. The summed E-state index contributed by atoms with van der Waals surface area (Å²) in [6, 6.07) is 32.0. The summed E-state index contributed by atoms with van der Waals surface area (Å²) in [6.45, 7) is 1.95. The van der Waals surface area contributed by atoms with Crippen molar-refractivity contribution in [1.29, 1.82) is 0 Å². The SMILES string of the molecule is Cc1cccc(C(=O)Nc2cccc(SC(C(=O)Nc3nc(-c4ccccc4Cl)cs3)c3ccccc3)c2)c1. The van der Waals surface area contributed by atoms with Crippen molar-refractivity contribution in [3.05, 3.63) is 130 Å². The molecule has 1 unspecified atom stereocenters. The molecule has 194 valence electrons. The van der Waals surface area contributed by atoms with Crippen LogP contribution in [0.25, 0.3) is 11.3 Å². The maximum atomic E-state index is 13.5. The zero-order valence-corrected chi connectivity index (χ0v) is 23.3. The number of amides is 2. The molecular formula is C31H24ClN3O2S2. The molecule has 0 saturated carbocycles. The van der Waals surface area contributed by atoms with Gasteiger partial charge < -0.3 is 10.6 Å². The van der Waals surface area contributed by atoms with Crippen LogP contribution in [0.4, 0.5) is 10.8 Å². The Kier molecular flexibility index (Phi) is 8.42. The minimum absolute atomic E-state index is 0.184. The molecule has 0 saturated heterocycles. The predicted molar refractivity (Wildman–Crippen MR) is 162 cm³/mol. The second kappa shape index (κ2) is 12.3. The molecular weight excluding hydrogens is 546 g/mol. The number of anilines is 2. The predicted octanol–water partition coefficient (Wildman–Crippen LogP) is 8.50. The lowest BCUT2D eigenvalue weighted by atomic mass is 10.1. The standard InChI is InChI=1S/C31H24ClN3O2S2/c1-20-9-7-12-22(17-20)29(36)33-23-13-8-14-24(18-23)39-28(21-10-3-2-4-11-21)30(37)35-31-34-27(19-38-31)25-15-5-6-16-26(25)32/h2-19,28H,1H3,(H,33,36)(H,34,35,37). The van der Waals surface area contributed by atoms with Gasteiger partial charge in [0.2, 0.25) is 5.91 Å². The molecule has 39 heavy (non-hydrogen) atoms. The van der Waals surface area contributed by atoms with Gasteiger partial charge in [0.25, 0.3) is 5.91 Å². The lowest BCUT2D eigenvalue weighted by Gasteiger charge is -2.17. The molecule has 0 aliphatic carbocycles. The Bertz CT molecular complexity index is 1620. The number of hydrogen-bond acceptors (Lipinski definition) is 5. The van der Waals surface area contributed by atoms with E-state index in [1.807, 2.05) is 109 Å². The third kappa shape index (κ3) is 6.75. The van der Waals surface area contributed by atoms with Crippen LogP contribution in [0, 0.1) is 6.92 Å². The first-order valence-electron chi connectivity index (χ1n) is 12.2. The minimum atomic E-state index is -0.540. The average molecular weight is 570 g/mol. The van der Waals surface area contributed by atoms with Crippen LogP contribution in [0.15, 0.2) is 113 Å². The summed E-state index contributed by atoms with van der Waals surface area (Å²) in [6.07, 6.45) is 0. The number of thioether (sulfide) groups is 1. The van der Waals surface area contributed by atoms with E-state index < -0.39 is 5.25 Å². The smallest absolute Gasteiger partial charge is 0.255 e. The number of rotatable bonds is 8. The third-order valence-corrected chi connectivity index (χ3v) is 8.19. The van der Waals surface area contributed by atoms with Gasteiger partial charge in [-0.3, -0.25) is 9.59 Å². The summed E-state index contributed by atoms with van der Waals surface area (Å²) >= 11 is 9.08. The average Bonchev–Trinajstić information content (AvgIpc) is 3.40. The number of benzene rings is 4. The van der Waals surface area contributed by atoms with Crippen molar-refractivity contribution in [1.82, 2.24) is 4.98 Å². The first kappa shape index (κ1) is 26.7. The van der Waals surface area contributed by atoms with Gasteiger partial charge in [0.1, 0.15) is 5.25 Å². The third-order valence-electron chi connectivity index (χ3n) is 5.85. The maximum absolute atomic E-state index is 13.5. The molecule has 0 radical (unpaired) electrons. The number of nitrogens with one attached hydrogen (secondary N) is 2. The van der Waals surface area contributed by atoms with Crippen molar-refractivity contribution in [2.24, 2.45) is 0 Å². The van der Waals surface area contributed by atoms with E-state index in [-0.39, 0.29) is 11.8 Å². The van der Waals surface area contributed by atoms with Crippen molar-refractivity contribution < 1.29 is 9.59 Å². The number of halogens is 1. The van der Waals surface area contributed by atoms with Gasteiger partial charge in [0.15, 0.2) is 5.13 Å². The van der Waals surface area contributed by atoms with E-state index in [0.29, 0.717) is 27.1 Å². The highest BCUT2D eigenvalue weighted by Gasteiger charge is 2.23. The fourth-order valence-electron chi connectivity index (χ4n) is 3.97. The molecule has 1 atom stereocenters. The van der Waals surface area contributed by atoms with E-state index in [2.05, 4.69) is 15.6 Å². The Morgan fingerprint density at radius 3 is 2.44 bits per heavy atom. The van der Waals surface area contributed by atoms with Crippen LogP contribution in [-0.2, 0) is 4.79 Å². The molecule has 2 N–H and O–H groups in total. The van der Waals surface area contributed by atoms with E-state index in [0.717, 1.165) is 21.6 Å². The Hall–Kier alpha value is -3.91. The minimum Gasteiger partial charge on any atom is -0.322 e. The Balaban J connectivity index is 1.34. The van der Waals surface area contributed by atoms with E-state index >= 15 is 0 Å². The van der Waals surface area contributed by atoms with Crippen molar-refractivity contribution >= 4 is 57.3 Å². The molecule has 5 rings (SSSR count). The monoisotopic (exact) mass is 569 g/mol. The summed E-state index contributed by atoms with van der Waals surface area (Å²) in [4.78, 5) is 31.7. The van der Waals surface area contributed by atoms with Crippen molar-refractivity contribution in [2.45, 2.75) is 17.1 Å². The van der Waals surface area contributed by atoms with Gasteiger partial charge in [0.05, 0.1) is 5.69 Å². The highest BCUT2D eigenvalue weighted by molar-refractivity contribution is 8.00. The molecule has 4 aromatic carbocycles. The van der Waals surface area contributed by atoms with Gasteiger partial charge in [0, 0.05) is 32.1 Å². The number of carbonyl (C=O) groups excluding carboxylic acids is 2. The lowest BCUT2D eigenvalue weighted by molar-refractivity contribution is -0.115. The fourth-order valence-corrected chi connectivity index (χ4v) is 6.00. The van der Waals surface area contributed by atoms with Gasteiger partial charge >= 0.3 is 0 Å². The molecule has 5 aromatic rings. The number of carbonyl (C=O) groups is 2. The summed E-state index contributed by atoms with van der Waals surface area (Å²) < 4.78 is 0. The normalized spacial score (nSPS) is 11.5. The molecule has 1 aromatic heterocycles. The van der Waals surface area contributed by atoms with Crippen molar-refractivity contribution in [2.75, 3.05) is 10.6 Å². The summed E-state index contributed by atoms with van der Waals surface area (Å²) in [5.41, 5.74) is 4.65. The first-order valence-corrected chi connectivity index (χ1v) is 14.3. The van der Waals surface area contributed by atoms with E-state index in [9.17, 15) is 9.59 Å². The first-order chi connectivity index (χ1) is 19.0. The zero-order valence-electron chi connectivity index (χ0n) is 20.9. The van der Waals surface area contributed by atoms with Crippen LogP contribution in [0.1, 0.15) is 26.7 Å². The molecule has 0 bridgehead atoms. The number of thiazole rings is 1. The van der Waals surface area contributed by atoms with E-state index in [1.54, 1.807) is 6.07 Å². The lowest BCUT2D eigenvalue weighted by Crippen LogP contribution is -2.19. The van der Waals surface area contributed by atoms with Gasteiger partial charge in [-0.1, -0.05) is 83.9 Å². The molecule has 1 heterocycles. The molecule has 0 aliphatic rings. The molecule has 0 spiro atoms. The Labute approximate surface area is 240 Å². The molecule has 0 fully saturated rings. The van der Waals surface area contributed by atoms with E-state index in [4.69, 9.17) is 11.6 Å². The van der Waals surface area contributed by atoms with Gasteiger partial charge in [-0.15, -0.1) is 23.1 Å². The Morgan fingerprint density at radius 1 is 0.872 bits per heavy atom. The highest BCUT2D eigenvalue weighted by atomic mass is 35.5. The van der Waals surface area contributed by atoms with Crippen LogP contribution in [0.2, 0.25) is 5.02 Å². The fraction of sp³-hybridized carbons (Fsp3) is 0.0645. The van der Waals surface area contributed by atoms with Gasteiger partial charge in [-0.05, 0) is 48.9 Å². The second-order valence-electron chi connectivity index (χ2n) is 8.77. The van der Waals surface area contributed by atoms with Crippen LogP contribution in [0.5, 0.6) is 0 Å². The molecule has 0 aliphatic heterocycles. The zero-order chi connectivity index (χ0) is 27.2. The number of aryl methyl sites for hydroxylation is 1. The van der Waals surface area contributed by atoms with Gasteiger partial charge in [-0.2, -0.15) is 0 Å². The van der Waals surface area contributed by atoms with Crippen LogP contribution in [0.3, 0.4) is 0 Å². The number of hydrogen-bond donors (Lipinski definition) is 2. The Morgan fingerprint density at radius 2 is 1.64 bits per heavy atom. The van der Waals surface area contributed by atoms with Crippen LogP contribution >= 0.6 is 34.7 Å². The number of nitrogens with zero attached hydrogens (tertiary/aromatic N) is 1. The summed E-state index contributed by atoms with van der Waals surface area (Å²) in [5.74, 6) is -0.378. The highest BCUT2D eigenvalue weighted by Crippen LogP contribution is 2.38. The van der Waals surface area contributed by atoms with Crippen LogP contribution < -0.4 is 10.6 Å². The summed E-state index contributed by atoms with van der Waals surface area (Å²) in [7, 11) is 0. The largest absolute Gasteiger partial charge is 0.322 e. The quantitative estimate of drug-likeness (QED) is 0.184.